The first-order valence-electron chi connectivity index (χ1n) is 8.25. The van der Waals surface area contributed by atoms with Gasteiger partial charge in [0.25, 0.3) is 0 Å². The predicted octanol–water partition coefficient (Wildman–Crippen LogP) is 1.64. The van der Waals surface area contributed by atoms with Gasteiger partial charge in [0, 0.05) is 38.7 Å². The third-order valence-electron chi connectivity index (χ3n) is 4.15. The minimum absolute atomic E-state index is 0.126. The molecule has 7 heteroatoms. The number of amides is 1. The number of ether oxygens (including phenoxy) is 1. The molecular weight excluding hydrogens is 328 g/mol. The van der Waals surface area contributed by atoms with E-state index in [4.69, 9.17) is 4.74 Å². The molecule has 2 rings (SSSR count). The lowest BCUT2D eigenvalue weighted by Crippen LogP contribution is -2.31. The molecule has 0 aromatic heterocycles. The van der Waals surface area contributed by atoms with Crippen molar-refractivity contribution in [2.24, 2.45) is 0 Å². The molecule has 0 bridgehead atoms. The highest BCUT2D eigenvalue weighted by Gasteiger charge is 2.22. The van der Waals surface area contributed by atoms with Gasteiger partial charge in [0.2, 0.25) is 15.9 Å². The number of carbonyl (C=O) groups excluding carboxylic acids is 1. The van der Waals surface area contributed by atoms with Gasteiger partial charge >= 0.3 is 0 Å². The minimum Gasteiger partial charge on any atom is -0.492 e. The van der Waals surface area contributed by atoms with E-state index in [0.29, 0.717) is 32.5 Å². The lowest BCUT2D eigenvalue weighted by atomic mass is 10.0. The summed E-state index contributed by atoms with van der Waals surface area (Å²) in [7, 11) is -1.44. The molecule has 0 spiro atoms. The molecular formula is C17H26N2O4S. The number of rotatable bonds is 6. The summed E-state index contributed by atoms with van der Waals surface area (Å²) < 4.78 is 30.7. The smallest absolute Gasteiger partial charge is 0.222 e. The fraction of sp³-hybridized carbons (Fsp3) is 0.588. The van der Waals surface area contributed by atoms with Gasteiger partial charge in [0.1, 0.15) is 12.4 Å². The van der Waals surface area contributed by atoms with E-state index < -0.39 is 10.0 Å². The molecule has 1 aromatic rings. The van der Waals surface area contributed by atoms with Gasteiger partial charge < -0.3 is 9.64 Å². The maximum absolute atomic E-state index is 12.0. The Balaban J connectivity index is 2.07. The van der Waals surface area contributed by atoms with Gasteiger partial charge in [-0.2, -0.15) is 4.31 Å². The van der Waals surface area contributed by atoms with Crippen molar-refractivity contribution in [3.05, 3.63) is 29.3 Å². The van der Waals surface area contributed by atoms with E-state index in [9.17, 15) is 13.2 Å². The fourth-order valence-electron chi connectivity index (χ4n) is 2.76. The van der Waals surface area contributed by atoms with Crippen LogP contribution in [-0.2, 0) is 27.8 Å². The molecule has 0 unspecified atom stereocenters. The molecule has 6 nitrogen and oxygen atoms in total. The van der Waals surface area contributed by atoms with Crippen LogP contribution in [0.25, 0.3) is 0 Å². The number of carbonyl (C=O) groups is 1. The topological polar surface area (TPSA) is 66.9 Å². The Bertz CT molecular complexity index is 688. The van der Waals surface area contributed by atoms with Crippen molar-refractivity contribution in [2.45, 2.75) is 32.7 Å². The largest absolute Gasteiger partial charge is 0.492 e. The van der Waals surface area contributed by atoms with Gasteiger partial charge in [-0.05, 0) is 24.5 Å². The Hall–Kier alpha value is -1.60. The number of nitrogens with zero attached hydrogens (tertiary/aromatic N) is 2. The number of aryl methyl sites for hydroxylation is 1. The van der Waals surface area contributed by atoms with Crippen LogP contribution in [0, 0.1) is 0 Å². The average Bonchev–Trinajstić information content (AvgIpc) is 2.74. The highest BCUT2D eigenvalue weighted by molar-refractivity contribution is 7.88. The van der Waals surface area contributed by atoms with E-state index in [1.54, 1.807) is 4.90 Å². The summed E-state index contributed by atoms with van der Waals surface area (Å²) in [5.74, 6) is 0.847. The van der Waals surface area contributed by atoms with Crippen LogP contribution in [0.2, 0.25) is 0 Å². The number of fused-ring (bicyclic) bond motifs is 1. The van der Waals surface area contributed by atoms with Crippen molar-refractivity contribution in [3.63, 3.8) is 0 Å². The van der Waals surface area contributed by atoms with Crippen molar-refractivity contribution in [2.75, 3.05) is 33.0 Å². The van der Waals surface area contributed by atoms with E-state index in [-0.39, 0.29) is 5.91 Å². The summed E-state index contributed by atoms with van der Waals surface area (Å²) in [5.41, 5.74) is 1.87. The summed E-state index contributed by atoms with van der Waals surface area (Å²) in [6.45, 7) is 3.82. The van der Waals surface area contributed by atoms with Crippen molar-refractivity contribution in [3.8, 4) is 5.75 Å². The molecule has 0 saturated carbocycles. The first kappa shape index (κ1) is 18.7. The van der Waals surface area contributed by atoms with Gasteiger partial charge in [-0.3, -0.25) is 4.79 Å². The maximum Gasteiger partial charge on any atom is 0.222 e. The van der Waals surface area contributed by atoms with Crippen LogP contribution in [0.15, 0.2) is 18.2 Å². The molecule has 0 saturated heterocycles. The Labute approximate surface area is 144 Å². The van der Waals surface area contributed by atoms with Crippen LogP contribution in [0.4, 0.5) is 0 Å². The molecule has 1 aromatic carbocycles. The lowest BCUT2D eigenvalue weighted by Gasteiger charge is -2.17. The second kappa shape index (κ2) is 7.98. The second-order valence-electron chi connectivity index (χ2n) is 6.20. The molecule has 1 aliphatic heterocycles. The summed E-state index contributed by atoms with van der Waals surface area (Å²) >= 11 is 0. The summed E-state index contributed by atoms with van der Waals surface area (Å²) in [5, 5.41) is 0. The molecule has 0 fully saturated rings. The van der Waals surface area contributed by atoms with Gasteiger partial charge in [-0.25, -0.2) is 8.42 Å². The Kier molecular flexibility index (Phi) is 6.23. The minimum atomic E-state index is -3.26. The zero-order chi connectivity index (χ0) is 17.7. The Morgan fingerprint density at radius 3 is 2.79 bits per heavy atom. The first-order chi connectivity index (χ1) is 11.3. The van der Waals surface area contributed by atoms with Gasteiger partial charge in [-0.15, -0.1) is 0 Å². The maximum atomic E-state index is 12.0. The summed E-state index contributed by atoms with van der Waals surface area (Å²) in [4.78, 5) is 13.8. The monoisotopic (exact) mass is 354 g/mol. The van der Waals surface area contributed by atoms with Crippen LogP contribution in [0.5, 0.6) is 5.75 Å². The molecule has 0 aliphatic carbocycles. The van der Waals surface area contributed by atoms with E-state index in [2.05, 4.69) is 0 Å². The molecule has 0 atom stereocenters. The van der Waals surface area contributed by atoms with Gasteiger partial charge in [0.05, 0.1) is 6.26 Å². The van der Waals surface area contributed by atoms with Gasteiger partial charge in [0.15, 0.2) is 0 Å². The van der Waals surface area contributed by atoms with Crippen LogP contribution >= 0.6 is 0 Å². The standard InChI is InChI=1S/C17H26N2O4S/c1-4-9-18(2)17(20)8-6-14-5-7-16-15(12-14)13-19(10-11-23-16)24(3,21)22/h5,7,12H,4,6,8-11,13H2,1-3H3. The number of hydrogen-bond acceptors (Lipinski definition) is 4. The zero-order valence-electron chi connectivity index (χ0n) is 14.6. The van der Waals surface area contributed by atoms with Crippen LogP contribution in [-0.4, -0.2) is 56.5 Å². The molecule has 1 aliphatic rings. The van der Waals surface area contributed by atoms with Crippen LogP contribution in [0.1, 0.15) is 30.9 Å². The van der Waals surface area contributed by atoms with Crippen molar-refractivity contribution in [1.82, 2.24) is 9.21 Å². The van der Waals surface area contributed by atoms with E-state index in [1.165, 1.54) is 10.6 Å². The first-order valence-corrected chi connectivity index (χ1v) is 10.1. The highest BCUT2D eigenvalue weighted by Crippen LogP contribution is 2.26. The van der Waals surface area contributed by atoms with E-state index in [1.807, 2.05) is 32.2 Å². The van der Waals surface area contributed by atoms with Crippen molar-refractivity contribution >= 4 is 15.9 Å². The SMILES string of the molecule is CCCN(C)C(=O)CCc1ccc2c(c1)CN(S(C)(=O)=O)CCO2. The number of hydrogen-bond donors (Lipinski definition) is 0. The van der Waals surface area contributed by atoms with E-state index in [0.717, 1.165) is 29.8 Å². The third kappa shape index (κ3) is 4.95. The fourth-order valence-corrected chi connectivity index (χ4v) is 3.54. The third-order valence-corrected chi connectivity index (χ3v) is 5.40. The Morgan fingerprint density at radius 1 is 1.38 bits per heavy atom. The number of benzene rings is 1. The summed E-state index contributed by atoms with van der Waals surface area (Å²) in [6, 6.07) is 5.77. The normalized spacial score (nSPS) is 15.3. The van der Waals surface area contributed by atoms with Crippen LogP contribution < -0.4 is 4.74 Å². The predicted molar refractivity (Wildman–Crippen MR) is 93.4 cm³/mol. The molecule has 24 heavy (non-hydrogen) atoms. The molecule has 1 amide bonds. The quantitative estimate of drug-likeness (QED) is 0.779. The molecule has 134 valence electrons. The number of sulfonamides is 1. The molecule has 0 N–H and O–H groups in total. The second-order valence-corrected chi connectivity index (χ2v) is 8.18. The lowest BCUT2D eigenvalue weighted by molar-refractivity contribution is -0.129. The van der Waals surface area contributed by atoms with Gasteiger partial charge in [-0.1, -0.05) is 19.1 Å². The zero-order valence-corrected chi connectivity index (χ0v) is 15.4. The molecule has 0 radical (unpaired) electrons. The average molecular weight is 354 g/mol. The summed E-state index contributed by atoms with van der Waals surface area (Å²) in [6.07, 6.45) is 3.24. The van der Waals surface area contributed by atoms with Crippen molar-refractivity contribution in [1.29, 1.82) is 0 Å². The van der Waals surface area contributed by atoms with Crippen LogP contribution in [0.3, 0.4) is 0 Å². The Morgan fingerprint density at radius 2 is 2.12 bits per heavy atom. The van der Waals surface area contributed by atoms with E-state index >= 15 is 0 Å². The van der Waals surface area contributed by atoms with Crippen molar-refractivity contribution < 1.29 is 17.9 Å². The highest BCUT2D eigenvalue weighted by atomic mass is 32.2. The molecule has 1 heterocycles.